The predicted octanol–water partition coefficient (Wildman–Crippen LogP) is 4.48. The highest BCUT2D eigenvalue weighted by atomic mass is 35.5. The number of hydrogen-bond donors (Lipinski definition) is 0. The summed E-state index contributed by atoms with van der Waals surface area (Å²) in [5, 5.41) is 0.363. The van der Waals surface area contributed by atoms with Crippen molar-refractivity contribution in [3.05, 3.63) is 99.8 Å². The Balaban J connectivity index is 1.54. The van der Waals surface area contributed by atoms with Gasteiger partial charge in [-0.15, -0.1) is 0 Å². The van der Waals surface area contributed by atoms with Crippen LogP contribution in [0.2, 0.25) is 5.02 Å². The molecule has 0 N–H and O–H groups in total. The predicted molar refractivity (Wildman–Crippen MR) is 124 cm³/mol. The molecule has 174 valence electrons. The summed E-state index contributed by atoms with van der Waals surface area (Å²) in [6.45, 7) is 1.79. The van der Waals surface area contributed by atoms with E-state index < -0.39 is 52.7 Å². The first-order chi connectivity index (χ1) is 16.8. The van der Waals surface area contributed by atoms with Gasteiger partial charge in [-0.2, -0.15) is 0 Å². The number of imide groups is 1. The van der Waals surface area contributed by atoms with E-state index in [0.717, 1.165) is 10.5 Å². The molecule has 35 heavy (non-hydrogen) atoms. The van der Waals surface area contributed by atoms with Crippen molar-refractivity contribution >= 4 is 40.7 Å². The lowest BCUT2D eigenvalue weighted by Gasteiger charge is -2.27. The van der Waals surface area contributed by atoms with Gasteiger partial charge in [0.1, 0.15) is 5.82 Å². The summed E-state index contributed by atoms with van der Waals surface area (Å²) in [6, 6.07) is 16.3. The minimum Gasteiger partial charge on any atom is -0.349 e. The molecule has 0 saturated carbocycles. The minimum atomic E-state index is -2.18. The molecular weight excluding hydrogens is 473 g/mol. The Hall–Kier alpha value is -3.68. The Morgan fingerprint density at radius 1 is 0.886 bits per heavy atom. The molecule has 2 heterocycles. The number of Topliss-reactive ketones (excluding diaryl/α,β-unsaturated/α-hetero) is 2. The van der Waals surface area contributed by atoms with E-state index in [1.807, 2.05) is 0 Å². The third kappa shape index (κ3) is 2.79. The number of anilines is 1. The number of hydrogen-bond acceptors (Lipinski definition) is 5. The third-order valence-electron chi connectivity index (χ3n) is 7.13. The van der Waals surface area contributed by atoms with Crippen molar-refractivity contribution in [2.45, 2.75) is 18.6 Å². The van der Waals surface area contributed by atoms with E-state index in [1.54, 1.807) is 31.2 Å². The maximum atomic E-state index is 13.8. The van der Waals surface area contributed by atoms with Crippen LogP contribution in [0, 0.1) is 24.6 Å². The van der Waals surface area contributed by atoms with Gasteiger partial charge in [0.2, 0.25) is 29.0 Å². The van der Waals surface area contributed by atoms with E-state index >= 15 is 0 Å². The molecule has 0 aromatic heterocycles. The SMILES string of the molecule is Cc1ccc(N2C(=O)[C@@H]3[C@@H](C2=O)C2(O[C@H]3c3ccc(F)cc3)C(=O)c3ccccc3C2=O)cc1Cl. The van der Waals surface area contributed by atoms with Crippen LogP contribution in [0.4, 0.5) is 10.1 Å². The Labute approximate surface area is 204 Å². The highest BCUT2D eigenvalue weighted by Gasteiger charge is 2.74. The molecule has 1 aliphatic carbocycles. The van der Waals surface area contributed by atoms with Crippen LogP contribution in [0.1, 0.15) is 37.9 Å². The van der Waals surface area contributed by atoms with Gasteiger partial charge >= 0.3 is 0 Å². The highest BCUT2D eigenvalue weighted by Crippen LogP contribution is 2.57. The molecule has 0 bridgehead atoms. The summed E-state index contributed by atoms with van der Waals surface area (Å²) in [6.07, 6.45) is -1.11. The molecule has 2 saturated heterocycles. The van der Waals surface area contributed by atoms with Gasteiger partial charge in [0.05, 0.1) is 23.6 Å². The Morgan fingerprint density at radius 2 is 1.51 bits per heavy atom. The standard InChI is InChI=1S/C27H17ClFNO5/c1-13-6-11-16(12-19(13)28)30-25(33)20-21(26(30)34)27(35-22(20)14-7-9-15(29)10-8-14)23(31)17-4-2-3-5-18(17)24(27)32/h2-12,20-22H,1H3/t20-,21+,22+/m1/s1. The van der Waals surface area contributed by atoms with Gasteiger partial charge in [0.25, 0.3) is 0 Å². The van der Waals surface area contributed by atoms with Crippen molar-refractivity contribution in [1.82, 2.24) is 0 Å². The fraction of sp³-hybridized carbons (Fsp3) is 0.185. The number of carbonyl (C=O) groups is 4. The number of halogens is 2. The van der Waals surface area contributed by atoms with Crippen LogP contribution >= 0.6 is 11.6 Å². The Morgan fingerprint density at radius 3 is 2.11 bits per heavy atom. The number of ether oxygens (including phenoxy) is 1. The number of ketones is 2. The molecule has 6 nitrogen and oxygen atoms in total. The van der Waals surface area contributed by atoms with E-state index in [2.05, 4.69) is 0 Å². The molecule has 0 radical (unpaired) electrons. The van der Waals surface area contributed by atoms with Crippen LogP contribution in [0.15, 0.2) is 66.7 Å². The molecule has 3 aliphatic rings. The van der Waals surface area contributed by atoms with Gasteiger partial charge in [0.15, 0.2) is 0 Å². The first kappa shape index (κ1) is 21.8. The first-order valence-electron chi connectivity index (χ1n) is 11.0. The maximum absolute atomic E-state index is 13.8. The molecule has 6 rings (SSSR count). The summed E-state index contributed by atoms with van der Waals surface area (Å²) >= 11 is 6.26. The molecule has 2 amide bonds. The van der Waals surface area contributed by atoms with Gasteiger partial charge in [-0.25, -0.2) is 9.29 Å². The van der Waals surface area contributed by atoms with Crippen LogP contribution < -0.4 is 4.90 Å². The number of rotatable bonds is 2. The fourth-order valence-corrected chi connectivity index (χ4v) is 5.62. The van der Waals surface area contributed by atoms with Crippen LogP contribution in [0.5, 0.6) is 0 Å². The molecule has 3 aromatic carbocycles. The van der Waals surface area contributed by atoms with Crippen LogP contribution in [-0.4, -0.2) is 29.0 Å². The van der Waals surface area contributed by atoms with Gasteiger partial charge < -0.3 is 4.74 Å². The number of fused-ring (bicyclic) bond motifs is 3. The first-order valence-corrected chi connectivity index (χ1v) is 11.4. The molecule has 2 aliphatic heterocycles. The summed E-state index contributed by atoms with van der Waals surface area (Å²) < 4.78 is 19.8. The average Bonchev–Trinajstić information content (AvgIpc) is 3.41. The number of aryl methyl sites for hydroxylation is 1. The lowest BCUT2D eigenvalue weighted by atomic mass is 9.77. The van der Waals surface area contributed by atoms with E-state index in [9.17, 15) is 23.6 Å². The summed E-state index contributed by atoms with van der Waals surface area (Å²) in [7, 11) is 0. The summed E-state index contributed by atoms with van der Waals surface area (Å²) in [5.74, 6) is -5.65. The average molecular weight is 490 g/mol. The second-order valence-corrected chi connectivity index (χ2v) is 9.39. The quantitative estimate of drug-likeness (QED) is 0.391. The molecule has 1 spiro atoms. The van der Waals surface area contributed by atoms with Gasteiger partial charge in [0, 0.05) is 16.1 Å². The Bertz CT molecular complexity index is 1430. The van der Waals surface area contributed by atoms with Crippen molar-refractivity contribution in [3.63, 3.8) is 0 Å². The van der Waals surface area contributed by atoms with Crippen LogP contribution in [-0.2, 0) is 14.3 Å². The zero-order valence-corrected chi connectivity index (χ0v) is 19.1. The highest BCUT2D eigenvalue weighted by molar-refractivity contribution is 6.37. The van der Waals surface area contributed by atoms with Crippen LogP contribution in [0.25, 0.3) is 0 Å². The number of benzene rings is 3. The fourth-order valence-electron chi connectivity index (χ4n) is 5.45. The van der Waals surface area contributed by atoms with E-state index in [-0.39, 0.29) is 16.8 Å². The van der Waals surface area contributed by atoms with Crippen molar-refractivity contribution < 1.29 is 28.3 Å². The second kappa shape index (κ2) is 7.41. The lowest BCUT2D eigenvalue weighted by molar-refractivity contribution is -0.127. The molecule has 2 fully saturated rings. The van der Waals surface area contributed by atoms with E-state index in [1.165, 1.54) is 42.5 Å². The van der Waals surface area contributed by atoms with Gasteiger partial charge in [-0.3, -0.25) is 19.2 Å². The van der Waals surface area contributed by atoms with Crippen molar-refractivity contribution in [2.75, 3.05) is 4.90 Å². The number of nitrogens with zero attached hydrogens (tertiary/aromatic N) is 1. The molecule has 3 aromatic rings. The maximum Gasteiger partial charge on any atom is 0.241 e. The second-order valence-electron chi connectivity index (χ2n) is 8.98. The molecule has 0 unspecified atom stereocenters. The summed E-state index contributed by atoms with van der Waals surface area (Å²) in [5.41, 5.74) is -0.492. The molecule has 3 atom stereocenters. The molecular formula is C27H17ClFNO5. The lowest BCUT2D eigenvalue weighted by Crippen LogP contribution is -2.51. The normalized spacial score (nSPS) is 24.4. The van der Waals surface area contributed by atoms with Gasteiger partial charge in [-0.1, -0.05) is 54.1 Å². The minimum absolute atomic E-state index is 0.146. The van der Waals surface area contributed by atoms with Gasteiger partial charge in [-0.05, 0) is 42.3 Å². The van der Waals surface area contributed by atoms with Crippen molar-refractivity contribution in [3.8, 4) is 0 Å². The summed E-state index contributed by atoms with van der Waals surface area (Å²) in [4.78, 5) is 56.0. The van der Waals surface area contributed by atoms with Crippen molar-refractivity contribution in [1.29, 1.82) is 0 Å². The Kier molecular flexibility index (Phi) is 4.62. The smallest absolute Gasteiger partial charge is 0.241 e. The topological polar surface area (TPSA) is 80.8 Å². The van der Waals surface area contributed by atoms with Crippen molar-refractivity contribution in [2.24, 2.45) is 11.8 Å². The van der Waals surface area contributed by atoms with Crippen LogP contribution in [0.3, 0.4) is 0 Å². The number of amides is 2. The van der Waals surface area contributed by atoms with E-state index in [4.69, 9.17) is 16.3 Å². The zero-order valence-electron chi connectivity index (χ0n) is 18.3. The monoisotopic (exact) mass is 489 g/mol. The number of carbonyl (C=O) groups excluding carboxylic acids is 4. The van der Waals surface area contributed by atoms with E-state index in [0.29, 0.717) is 10.6 Å². The zero-order chi connectivity index (χ0) is 24.6. The largest absolute Gasteiger partial charge is 0.349 e. The third-order valence-corrected chi connectivity index (χ3v) is 7.54. The molecule has 8 heteroatoms.